The van der Waals surface area contributed by atoms with Gasteiger partial charge in [-0.2, -0.15) is 0 Å². The smallest absolute Gasteiger partial charge is 0.278 e. The van der Waals surface area contributed by atoms with Crippen LogP contribution in [0.1, 0.15) is 33.6 Å². The highest BCUT2D eigenvalue weighted by atomic mass is 79.9. The first-order chi connectivity index (χ1) is 12.5. The molecule has 1 fully saturated rings. The summed E-state index contributed by atoms with van der Waals surface area (Å²) in [4.78, 5) is 40.2. The molecule has 0 aliphatic carbocycles. The number of nitrogens with zero attached hydrogens (tertiary/aromatic N) is 3. The van der Waals surface area contributed by atoms with Gasteiger partial charge in [0.1, 0.15) is 0 Å². The fourth-order valence-corrected chi connectivity index (χ4v) is 4.31. The summed E-state index contributed by atoms with van der Waals surface area (Å²) in [5, 5.41) is 12.0. The molecule has 0 atom stereocenters. The van der Waals surface area contributed by atoms with Gasteiger partial charge in [-0.3, -0.25) is 24.6 Å². The van der Waals surface area contributed by atoms with Crippen molar-refractivity contribution < 1.29 is 14.5 Å². The number of nitro groups is 1. The maximum atomic E-state index is 12.9. The maximum absolute atomic E-state index is 12.9. The summed E-state index contributed by atoms with van der Waals surface area (Å²) in [6.45, 7) is 2.95. The predicted molar refractivity (Wildman–Crippen MR) is 99.3 cm³/mol. The first-order valence-electron chi connectivity index (χ1n) is 8.47. The summed E-state index contributed by atoms with van der Waals surface area (Å²) in [5.74, 6) is -0.778. The van der Waals surface area contributed by atoms with Crippen LogP contribution < -0.4 is 0 Å². The van der Waals surface area contributed by atoms with Crippen molar-refractivity contribution in [3.05, 3.63) is 50.0 Å². The van der Waals surface area contributed by atoms with Crippen LogP contribution in [0.4, 0.5) is 5.69 Å². The fourth-order valence-electron chi connectivity index (χ4n) is 3.78. The second kappa shape index (κ2) is 6.44. The van der Waals surface area contributed by atoms with Crippen LogP contribution in [0, 0.1) is 10.1 Å². The largest absolute Gasteiger partial charge is 0.302 e. The number of halogens is 1. The van der Waals surface area contributed by atoms with E-state index in [0.717, 1.165) is 25.9 Å². The predicted octanol–water partition coefficient (Wildman–Crippen LogP) is 3.20. The highest BCUT2D eigenvalue weighted by Gasteiger charge is 2.35. The van der Waals surface area contributed by atoms with Crippen molar-refractivity contribution in [2.45, 2.75) is 12.8 Å². The molecule has 1 saturated heterocycles. The molecule has 2 amide bonds. The van der Waals surface area contributed by atoms with Gasteiger partial charge in [0, 0.05) is 40.1 Å². The van der Waals surface area contributed by atoms with Crippen LogP contribution in [-0.4, -0.2) is 52.7 Å². The van der Waals surface area contributed by atoms with Crippen molar-refractivity contribution >= 4 is 44.2 Å². The van der Waals surface area contributed by atoms with Gasteiger partial charge >= 0.3 is 0 Å². The zero-order valence-corrected chi connectivity index (χ0v) is 15.5. The zero-order chi connectivity index (χ0) is 18.4. The molecule has 0 N–H and O–H groups in total. The summed E-state index contributed by atoms with van der Waals surface area (Å²) in [7, 11) is 0. The average molecular weight is 418 g/mol. The Morgan fingerprint density at radius 3 is 2.19 bits per heavy atom. The third-order valence-corrected chi connectivity index (χ3v) is 5.74. The molecular formula is C18H16BrN3O4. The monoisotopic (exact) mass is 417 g/mol. The first kappa shape index (κ1) is 17.1. The third-order valence-electron chi connectivity index (χ3n) is 5.07. The molecule has 8 heteroatoms. The van der Waals surface area contributed by atoms with Gasteiger partial charge in [0.25, 0.3) is 17.5 Å². The number of hydrogen-bond acceptors (Lipinski definition) is 5. The van der Waals surface area contributed by atoms with E-state index in [1.807, 2.05) is 0 Å². The maximum Gasteiger partial charge on any atom is 0.278 e. The van der Waals surface area contributed by atoms with E-state index < -0.39 is 4.92 Å². The van der Waals surface area contributed by atoms with E-state index in [1.165, 1.54) is 17.0 Å². The van der Waals surface area contributed by atoms with E-state index in [0.29, 0.717) is 39.5 Å². The van der Waals surface area contributed by atoms with E-state index in [4.69, 9.17) is 0 Å². The van der Waals surface area contributed by atoms with Gasteiger partial charge in [-0.25, -0.2) is 0 Å². The lowest BCUT2D eigenvalue weighted by Gasteiger charge is -2.28. The molecule has 134 valence electrons. The number of nitro benzene ring substituents is 1. The van der Waals surface area contributed by atoms with E-state index in [2.05, 4.69) is 20.8 Å². The quantitative estimate of drug-likeness (QED) is 0.433. The minimum absolute atomic E-state index is 0.122. The first-order valence-corrected chi connectivity index (χ1v) is 9.26. The minimum atomic E-state index is -0.498. The van der Waals surface area contributed by atoms with Gasteiger partial charge < -0.3 is 4.90 Å². The summed E-state index contributed by atoms with van der Waals surface area (Å²) in [6, 6.07) is 6.03. The second-order valence-corrected chi connectivity index (χ2v) is 7.40. The van der Waals surface area contributed by atoms with Crippen LogP contribution >= 0.6 is 15.9 Å². The molecule has 0 spiro atoms. The minimum Gasteiger partial charge on any atom is -0.302 e. The Bertz CT molecular complexity index is 931. The lowest BCUT2D eigenvalue weighted by Crippen LogP contribution is -2.44. The number of imide groups is 1. The number of non-ortho nitro benzene ring substituents is 1. The van der Waals surface area contributed by atoms with Crippen molar-refractivity contribution in [2.75, 3.05) is 26.2 Å². The normalized spacial score (nSPS) is 17.3. The number of carbonyl (C=O) groups is 2. The van der Waals surface area contributed by atoms with Crippen molar-refractivity contribution in [1.29, 1.82) is 0 Å². The van der Waals surface area contributed by atoms with Crippen molar-refractivity contribution in [2.24, 2.45) is 0 Å². The topological polar surface area (TPSA) is 83.8 Å². The molecule has 0 saturated carbocycles. The Morgan fingerprint density at radius 1 is 0.962 bits per heavy atom. The Morgan fingerprint density at radius 2 is 1.58 bits per heavy atom. The lowest BCUT2D eigenvalue weighted by molar-refractivity contribution is -0.383. The standard InChI is InChI=1S/C18H16BrN3O4/c19-13-5-3-11-15-12(4-6-14(16(13)15)22(25)26)18(24)21(17(11)23)10-9-20-7-1-2-8-20/h3-6H,1-2,7-10H2. The van der Waals surface area contributed by atoms with Gasteiger partial charge in [-0.05, 0) is 60.1 Å². The second-order valence-electron chi connectivity index (χ2n) is 6.54. The lowest BCUT2D eigenvalue weighted by atomic mass is 9.93. The van der Waals surface area contributed by atoms with Crippen molar-refractivity contribution in [3.8, 4) is 0 Å². The number of benzene rings is 2. The van der Waals surface area contributed by atoms with Gasteiger partial charge in [0.2, 0.25) is 0 Å². The van der Waals surface area contributed by atoms with E-state index >= 15 is 0 Å². The Hall–Kier alpha value is -2.32. The molecule has 0 radical (unpaired) electrons. The molecule has 0 unspecified atom stereocenters. The van der Waals surface area contributed by atoms with Crippen LogP contribution in [0.15, 0.2) is 28.7 Å². The number of hydrogen-bond donors (Lipinski definition) is 0. The van der Waals surface area contributed by atoms with Crippen LogP contribution in [0.2, 0.25) is 0 Å². The summed E-state index contributed by atoms with van der Waals surface area (Å²) >= 11 is 3.32. The van der Waals surface area contributed by atoms with Crippen molar-refractivity contribution in [3.63, 3.8) is 0 Å². The molecule has 2 aromatic carbocycles. The van der Waals surface area contributed by atoms with Gasteiger partial charge in [0.15, 0.2) is 0 Å². The summed E-state index contributed by atoms with van der Waals surface area (Å²) in [6.07, 6.45) is 2.28. The molecular weight excluding hydrogens is 402 g/mol. The molecule has 7 nitrogen and oxygen atoms in total. The Balaban J connectivity index is 1.79. The van der Waals surface area contributed by atoms with Gasteiger partial charge in [-0.15, -0.1) is 0 Å². The number of amides is 2. The zero-order valence-electron chi connectivity index (χ0n) is 13.9. The average Bonchev–Trinajstić information content (AvgIpc) is 3.13. The molecule has 0 aromatic heterocycles. The van der Waals surface area contributed by atoms with E-state index in [1.54, 1.807) is 12.1 Å². The summed E-state index contributed by atoms with van der Waals surface area (Å²) in [5.41, 5.74) is 0.550. The highest BCUT2D eigenvalue weighted by Crippen LogP contribution is 2.39. The highest BCUT2D eigenvalue weighted by molar-refractivity contribution is 9.10. The third kappa shape index (κ3) is 2.60. The van der Waals surface area contributed by atoms with E-state index in [9.17, 15) is 19.7 Å². The van der Waals surface area contributed by atoms with Gasteiger partial charge in [0.05, 0.1) is 10.3 Å². The van der Waals surface area contributed by atoms with Crippen LogP contribution in [0.25, 0.3) is 10.8 Å². The SMILES string of the molecule is O=C1c2ccc(Br)c3c([N+](=O)[O-])ccc(c23)C(=O)N1CCN1CCCC1. The fraction of sp³-hybridized carbons (Fsp3) is 0.333. The molecule has 2 aliphatic heterocycles. The molecule has 2 aromatic rings. The Kier molecular flexibility index (Phi) is 4.24. The Labute approximate surface area is 157 Å². The van der Waals surface area contributed by atoms with Crippen LogP contribution in [-0.2, 0) is 0 Å². The number of likely N-dealkylation sites (tertiary alicyclic amines) is 1. The molecule has 0 bridgehead atoms. The number of rotatable bonds is 4. The van der Waals surface area contributed by atoms with E-state index in [-0.39, 0.29) is 17.5 Å². The molecule has 4 rings (SSSR count). The molecule has 2 aliphatic rings. The summed E-state index contributed by atoms with van der Waals surface area (Å²) < 4.78 is 0.496. The number of carbonyl (C=O) groups excluding carboxylic acids is 2. The molecule has 26 heavy (non-hydrogen) atoms. The van der Waals surface area contributed by atoms with Crippen molar-refractivity contribution in [1.82, 2.24) is 9.80 Å². The van der Waals surface area contributed by atoms with Crippen LogP contribution in [0.5, 0.6) is 0 Å². The van der Waals surface area contributed by atoms with Crippen LogP contribution in [0.3, 0.4) is 0 Å². The van der Waals surface area contributed by atoms with Gasteiger partial charge in [-0.1, -0.05) is 0 Å². The molecule has 2 heterocycles.